The molecule has 1 heterocycles. The van der Waals surface area contributed by atoms with Gasteiger partial charge in [-0.25, -0.2) is 0 Å². The molecule has 0 unspecified atom stereocenters. The molecule has 128 valence electrons. The number of azo groups is 1. The van der Waals surface area contributed by atoms with Crippen LogP contribution in [0.2, 0.25) is 20.1 Å². The van der Waals surface area contributed by atoms with Crippen LogP contribution in [0.3, 0.4) is 0 Å². The van der Waals surface area contributed by atoms with Crippen molar-refractivity contribution in [3.05, 3.63) is 31.2 Å². The summed E-state index contributed by atoms with van der Waals surface area (Å²) in [5, 5.41) is 11.5. The van der Waals surface area contributed by atoms with Gasteiger partial charge >= 0.3 is 0 Å². The minimum atomic E-state index is -0.175. The molecule has 0 saturated heterocycles. The maximum atomic E-state index is 6.62. The number of nitrogens with zero attached hydrogens (tertiary/aromatic N) is 2. The lowest BCUT2D eigenvalue weighted by molar-refractivity contribution is 0.162. The minimum Gasteiger partial charge on any atom is -0.186 e. The number of hydrogen-bond acceptors (Lipinski definition) is 2. The van der Waals surface area contributed by atoms with E-state index in [1.807, 2.05) is 0 Å². The van der Waals surface area contributed by atoms with Crippen LogP contribution in [0, 0.1) is 17.3 Å². The highest BCUT2D eigenvalue weighted by Gasteiger charge is 2.79. The van der Waals surface area contributed by atoms with Crippen LogP contribution in [0.1, 0.15) is 57.1 Å². The largest absolute Gasteiger partial charge is 0.186 e. The van der Waals surface area contributed by atoms with Gasteiger partial charge in [-0.15, -0.1) is 0 Å². The van der Waals surface area contributed by atoms with E-state index in [2.05, 4.69) is 27.7 Å². The molecule has 2 saturated carbocycles. The predicted molar refractivity (Wildman–Crippen MR) is 99.0 cm³/mol. The Morgan fingerprint density at radius 3 is 1.46 bits per heavy atom. The first-order valence-electron chi connectivity index (χ1n) is 8.37. The Balaban J connectivity index is 1.81. The zero-order valence-electron chi connectivity index (χ0n) is 13.9. The van der Waals surface area contributed by atoms with E-state index in [0.717, 1.165) is 17.5 Å². The van der Waals surface area contributed by atoms with E-state index in [4.69, 9.17) is 56.6 Å². The topological polar surface area (TPSA) is 24.7 Å². The SMILES string of the molecule is CC1(C)[C@@]2(C)N=N[C@]1(C)[C@H]1[C@@H]2[C@@H]2C[C@H]1c1c(Cl)c(Cl)c(Cl)c(Cl)c12. The van der Waals surface area contributed by atoms with E-state index < -0.39 is 0 Å². The fourth-order valence-electron chi connectivity index (χ4n) is 6.47. The summed E-state index contributed by atoms with van der Waals surface area (Å²) in [7, 11) is 0. The smallest absolute Gasteiger partial charge is 0.0900 e. The summed E-state index contributed by atoms with van der Waals surface area (Å²) in [6, 6.07) is 0. The zero-order valence-corrected chi connectivity index (χ0v) is 16.9. The van der Waals surface area contributed by atoms with E-state index in [9.17, 15) is 0 Å². The first-order valence-corrected chi connectivity index (χ1v) is 9.89. The van der Waals surface area contributed by atoms with Crippen molar-refractivity contribution in [1.82, 2.24) is 0 Å². The molecule has 1 aliphatic heterocycles. The monoisotopic (exact) mass is 402 g/mol. The Kier molecular flexibility index (Phi) is 2.88. The second-order valence-corrected chi connectivity index (χ2v) is 10.2. The number of fused-ring (bicyclic) bond motifs is 12. The summed E-state index contributed by atoms with van der Waals surface area (Å²) in [4.78, 5) is 0. The lowest BCUT2D eigenvalue weighted by atomic mass is 9.66. The molecule has 0 amide bonds. The van der Waals surface area contributed by atoms with Crippen molar-refractivity contribution < 1.29 is 0 Å². The van der Waals surface area contributed by atoms with Crippen LogP contribution in [0.25, 0.3) is 0 Å². The lowest BCUT2D eigenvalue weighted by Gasteiger charge is -2.39. The van der Waals surface area contributed by atoms with E-state index >= 15 is 0 Å². The number of benzene rings is 1. The average molecular weight is 404 g/mol. The minimum absolute atomic E-state index is 0.000831. The predicted octanol–water partition coefficient (Wildman–Crippen LogP) is 7.14. The fraction of sp³-hybridized carbons (Fsp3) is 0.667. The summed E-state index contributed by atoms with van der Waals surface area (Å²) in [6.45, 7) is 9.14. The number of rotatable bonds is 0. The molecule has 24 heavy (non-hydrogen) atoms. The molecule has 0 aromatic heterocycles. The van der Waals surface area contributed by atoms with Gasteiger partial charge in [0.1, 0.15) is 0 Å². The molecule has 6 heteroatoms. The molecule has 1 aromatic rings. The van der Waals surface area contributed by atoms with Gasteiger partial charge in [-0.1, -0.05) is 60.3 Å². The van der Waals surface area contributed by atoms with Gasteiger partial charge in [0.2, 0.25) is 0 Å². The fourth-order valence-corrected chi connectivity index (χ4v) is 7.63. The van der Waals surface area contributed by atoms with Crippen molar-refractivity contribution in [2.24, 2.45) is 27.5 Å². The second kappa shape index (κ2) is 4.27. The van der Waals surface area contributed by atoms with Crippen LogP contribution in [-0.4, -0.2) is 11.1 Å². The van der Waals surface area contributed by atoms with Gasteiger partial charge in [0.05, 0.1) is 31.2 Å². The van der Waals surface area contributed by atoms with E-state index in [-0.39, 0.29) is 16.5 Å². The molecule has 5 rings (SSSR count). The molecule has 1 aromatic carbocycles. The molecular weight excluding hydrogens is 386 g/mol. The molecule has 4 aliphatic rings. The highest BCUT2D eigenvalue weighted by atomic mass is 35.5. The summed E-state index contributed by atoms with van der Waals surface area (Å²) in [5.41, 5.74) is 1.88. The molecular formula is C18H18Cl4N2. The third kappa shape index (κ3) is 1.34. The Hall–Kier alpha value is -0.0200. The molecule has 2 fully saturated rings. The van der Waals surface area contributed by atoms with E-state index in [0.29, 0.717) is 43.8 Å². The van der Waals surface area contributed by atoms with Gasteiger partial charge in [0.15, 0.2) is 0 Å². The van der Waals surface area contributed by atoms with Crippen molar-refractivity contribution in [2.45, 2.75) is 57.0 Å². The quantitative estimate of drug-likeness (QED) is 0.250. The molecule has 4 bridgehead atoms. The summed E-state index contributed by atoms with van der Waals surface area (Å²) in [5.74, 6) is 1.52. The summed E-state index contributed by atoms with van der Waals surface area (Å²) >= 11 is 26.0. The van der Waals surface area contributed by atoms with Gasteiger partial charge in [-0.2, -0.15) is 10.2 Å². The Bertz CT molecular complexity index is 783. The lowest BCUT2D eigenvalue weighted by Crippen LogP contribution is -2.45. The number of hydrogen-bond donors (Lipinski definition) is 0. The average Bonchev–Trinajstić information content (AvgIpc) is 3.18. The standard InChI is InChI=1S/C18H18Cl4N2/c1-16(2)17(3)10-6-5-7(11(10)18(16,4)24-23-17)9-8(6)12(19)14(21)15(22)13(9)20/h6-7,10-11H,5H2,1-4H3/t6-,7+,10+,11-,17+,18-. The maximum Gasteiger partial charge on any atom is 0.0900 e. The Labute approximate surface area is 161 Å². The number of halogens is 4. The van der Waals surface area contributed by atoms with Crippen molar-refractivity contribution >= 4 is 46.4 Å². The van der Waals surface area contributed by atoms with E-state index in [1.165, 1.54) is 0 Å². The van der Waals surface area contributed by atoms with Crippen molar-refractivity contribution in [3.8, 4) is 0 Å². The molecule has 0 N–H and O–H groups in total. The van der Waals surface area contributed by atoms with E-state index in [1.54, 1.807) is 0 Å². The van der Waals surface area contributed by atoms with Gasteiger partial charge in [0, 0.05) is 5.41 Å². The highest BCUT2D eigenvalue weighted by Crippen LogP contribution is 2.79. The molecule has 2 nitrogen and oxygen atoms in total. The Morgan fingerprint density at radius 1 is 0.708 bits per heavy atom. The first kappa shape index (κ1) is 16.2. The first-order chi connectivity index (χ1) is 11.1. The maximum absolute atomic E-state index is 6.62. The second-order valence-electron chi connectivity index (χ2n) is 8.70. The third-order valence-electron chi connectivity index (χ3n) is 8.14. The zero-order chi connectivity index (χ0) is 17.4. The van der Waals surface area contributed by atoms with Crippen LogP contribution < -0.4 is 0 Å². The molecule has 3 aliphatic carbocycles. The molecule has 0 radical (unpaired) electrons. The highest BCUT2D eigenvalue weighted by molar-refractivity contribution is 6.52. The van der Waals surface area contributed by atoms with Crippen LogP contribution in [0.5, 0.6) is 0 Å². The van der Waals surface area contributed by atoms with Gasteiger partial charge in [-0.3, -0.25) is 0 Å². The summed E-state index contributed by atoms with van der Waals surface area (Å²) in [6.07, 6.45) is 1.05. The van der Waals surface area contributed by atoms with Crippen molar-refractivity contribution in [1.29, 1.82) is 0 Å². The van der Waals surface area contributed by atoms with Crippen LogP contribution in [0.15, 0.2) is 10.2 Å². The Morgan fingerprint density at radius 2 is 1.08 bits per heavy atom. The van der Waals surface area contributed by atoms with Crippen LogP contribution >= 0.6 is 46.4 Å². The summed E-state index contributed by atoms with van der Waals surface area (Å²) < 4.78 is 0. The van der Waals surface area contributed by atoms with Crippen molar-refractivity contribution in [2.75, 3.05) is 0 Å². The molecule has 0 spiro atoms. The van der Waals surface area contributed by atoms with Gasteiger partial charge in [-0.05, 0) is 55.1 Å². The van der Waals surface area contributed by atoms with Gasteiger partial charge < -0.3 is 0 Å². The van der Waals surface area contributed by atoms with Crippen molar-refractivity contribution in [3.63, 3.8) is 0 Å². The van der Waals surface area contributed by atoms with Crippen LogP contribution in [-0.2, 0) is 0 Å². The van der Waals surface area contributed by atoms with Crippen LogP contribution in [0.4, 0.5) is 0 Å². The van der Waals surface area contributed by atoms with Gasteiger partial charge in [0.25, 0.3) is 0 Å². The molecule has 6 atom stereocenters. The normalized spacial score (nSPS) is 45.8. The third-order valence-corrected chi connectivity index (χ3v) is 9.97.